The second kappa shape index (κ2) is 6.26. The topological polar surface area (TPSA) is 35.2 Å². The van der Waals surface area contributed by atoms with Gasteiger partial charge < -0.3 is 10.5 Å². The summed E-state index contributed by atoms with van der Waals surface area (Å²) >= 11 is 3.62. The molecule has 0 spiro atoms. The zero-order chi connectivity index (χ0) is 12.1. The minimum Gasteiger partial charge on any atom is -0.496 e. The zero-order valence-corrected chi connectivity index (χ0v) is 11.8. The number of nitrogens with two attached hydrogens (primary N) is 1. The molecule has 2 nitrogen and oxygen atoms in total. The second-order valence-electron chi connectivity index (χ2n) is 4.23. The third kappa shape index (κ3) is 3.22. The highest BCUT2D eigenvalue weighted by atomic mass is 79.9. The van der Waals surface area contributed by atoms with Gasteiger partial charge in [0.15, 0.2) is 0 Å². The lowest BCUT2D eigenvalue weighted by atomic mass is 9.99. The lowest BCUT2D eigenvalue weighted by Gasteiger charge is -2.14. The molecule has 0 fully saturated rings. The molecule has 90 valence electrons. The summed E-state index contributed by atoms with van der Waals surface area (Å²) in [5.41, 5.74) is 8.04. The average Bonchev–Trinajstić information content (AvgIpc) is 2.25. The zero-order valence-electron chi connectivity index (χ0n) is 10.2. The van der Waals surface area contributed by atoms with Crippen LogP contribution in [0.5, 0.6) is 5.75 Å². The highest BCUT2D eigenvalue weighted by Crippen LogP contribution is 2.32. The van der Waals surface area contributed by atoms with Crippen molar-refractivity contribution in [2.24, 2.45) is 5.73 Å². The fraction of sp³-hybridized carbons (Fsp3) is 0.538. The predicted octanol–water partition coefficient (Wildman–Crippen LogP) is 3.47. The van der Waals surface area contributed by atoms with Crippen LogP contribution in [0.25, 0.3) is 0 Å². The summed E-state index contributed by atoms with van der Waals surface area (Å²) in [5, 5.41) is 0. The van der Waals surface area contributed by atoms with Crippen LogP contribution in [0, 0.1) is 0 Å². The summed E-state index contributed by atoms with van der Waals surface area (Å²) in [6.07, 6.45) is 1.96. The van der Waals surface area contributed by atoms with Crippen LogP contribution in [0.4, 0.5) is 0 Å². The highest BCUT2D eigenvalue weighted by molar-refractivity contribution is 9.10. The molecule has 0 amide bonds. The Morgan fingerprint density at radius 1 is 1.38 bits per heavy atom. The molecule has 0 unspecified atom stereocenters. The number of benzene rings is 1. The standard InChI is InChI=1S/C13H20BrNO/c1-9(2)11-8-13(16-3)10(5-4-6-15)7-12(11)14/h7-9H,4-6,15H2,1-3H3. The van der Waals surface area contributed by atoms with Gasteiger partial charge in [0.25, 0.3) is 0 Å². The summed E-state index contributed by atoms with van der Waals surface area (Å²) in [6, 6.07) is 4.28. The Morgan fingerprint density at radius 2 is 2.06 bits per heavy atom. The van der Waals surface area contributed by atoms with Crippen LogP contribution in [0.3, 0.4) is 0 Å². The van der Waals surface area contributed by atoms with E-state index >= 15 is 0 Å². The second-order valence-corrected chi connectivity index (χ2v) is 5.09. The van der Waals surface area contributed by atoms with Crippen molar-refractivity contribution in [3.8, 4) is 5.75 Å². The maximum absolute atomic E-state index is 5.53. The molecule has 0 aromatic heterocycles. The monoisotopic (exact) mass is 285 g/mol. The van der Waals surface area contributed by atoms with Crippen molar-refractivity contribution in [1.29, 1.82) is 0 Å². The molecule has 16 heavy (non-hydrogen) atoms. The molecule has 2 N–H and O–H groups in total. The number of rotatable bonds is 5. The Bertz CT molecular complexity index is 350. The smallest absolute Gasteiger partial charge is 0.122 e. The average molecular weight is 286 g/mol. The number of hydrogen-bond donors (Lipinski definition) is 1. The molecule has 0 bridgehead atoms. The third-order valence-electron chi connectivity index (χ3n) is 2.67. The van der Waals surface area contributed by atoms with Crippen LogP contribution in [0.1, 0.15) is 37.3 Å². The molecule has 0 aliphatic heterocycles. The first kappa shape index (κ1) is 13.5. The quantitative estimate of drug-likeness (QED) is 0.899. The van der Waals surface area contributed by atoms with E-state index in [9.17, 15) is 0 Å². The van der Waals surface area contributed by atoms with Gasteiger partial charge in [0.1, 0.15) is 5.75 Å². The van der Waals surface area contributed by atoms with E-state index in [4.69, 9.17) is 10.5 Å². The fourth-order valence-electron chi connectivity index (χ4n) is 1.73. The molecular formula is C13H20BrNO. The third-order valence-corrected chi connectivity index (χ3v) is 3.36. The van der Waals surface area contributed by atoms with Gasteiger partial charge in [0.2, 0.25) is 0 Å². The van der Waals surface area contributed by atoms with Gasteiger partial charge in [-0.1, -0.05) is 29.8 Å². The van der Waals surface area contributed by atoms with E-state index in [1.165, 1.54) is 11.1 Å². The Labute approximate surface area is 106 Å². The van der Waals surface area contributed by atoms with Crippen molar-refractivity contribution < 1.29 is 4.74 Å². The van der Waals surface area contributed by atoms with Gasteiger partial charge in [-0.05, 0) is 48.6 Å². The van der Waals surface area contributed by atoms with Crippen LogP contribution < -0.4 is 10.5 Å². The number of hydrogen-bond acceptors (Lipinski definition) is 2. The molecule has 3 heteroatoms. The van der Waals surface area contributed by atoms with Crippen molar-refractivity contribution in [1.82, 2.24) is 0 Å². The Kier molecular flexibility index (Phi) is 5.29. The molecular weight excluding hydrogens is 266 g/mol. The van der Waals surface area contributed by atoms with Crippen molar-refractivity contribution >= 4 is 15.9 Å². The molecule has 1 aromatic carbocycles. The van der Waals surface area contributed by atoms with Gasteiger partial charge in [-0.2, -0.15) is 0 Å². The maximum atomic E-state index is 5.53. The van der Waals surface area contributed by atoms with E-state index in [0.717, 1.165) is 23.1 Å². The Hall–Kier alpha value is -0.540. The normalized spacial score (nSPS) is 10.9. The molecule has 0 saturated carbocycles. The predicted molar refractivity (Wildman–Crippen MR) is 72.2 cm³/mol. The van der Waals surface area contributed by atoms with Gasteiger partial charge in [-0.3, -0.25) is 0 Å². The van der Waals surface area contributed by atoms with Crippen molar-refractivity contribution in [2.45, 2.75) is 32.6 Å². The molecule has 0 saturated heterocycles. The van der Waals surface area contributed by atoms with E-state index in [1.54, 1.807) is 7.11 Å². The van der Waals surface area contributed by atoms with Crippen molar-refractivity contribution in [2.75, 3.05) is 13.7 Å². The lowest BCUT2D eigenvalue weighted by Crippen LogP contribution is -2.02. The molecule has 1 rings (SSSR count). The molecule has 1 aromatic rings. The van der Waals surface area contributed by atoms with Crippen LogP contribution in [0.15, 0.2) is 16.6 Å². The number of ether oxygens (including phenoxy) is 1. The lowest BCUT2D eigenvalue weighted by molar-refractivity contribution is 0.408. The first-order chi connectivity index (χ1) is 7.60. The van der Waals surface area contributed by atoms with Gasteiger partial charge in [-0.25, -0.2) is 0 Å². The van der Waals surface area contributed by atoms with Gasteiger partial charge in [0.05, 0.1) is 7.11 Å². The highest BCUT2D eigenvalue weighted by Gasteiger charge is 2.11. The van der Waals surface area contributed by atoms with Crippen LogP contribution in [-0.2, 0) is 6.42 Å². The van der Waals surface area contributed by atoms with Crippen LogP contribution in [0.2, 0.25) is 0 Å². The van der Waals surface area contributed by atoms with Crippen molar-refractivity contribution in [3.05, 3.63) is 27.7 Å². The SMILES string of the molecule is COc1cc(C(C)C)c(Br)cc1CCCN. The first-order valence-electron chi connectivity index (χ1n) is 5.66. The molecule has 0 atom stereocenters. The summed E-state index contributed by atoms with van der Waals surface area (Å²) in [4.78, 5) is 0. The largest absolute Gasteiger partial charge is 0.496 e. The van der Waals surface area contributed by atoms with Gasteiger partial charge in [-0.15, -0.1) is 0 Å². The minimum absolute atomic E-state index is 0.492. The number of methoxy groups -OCH3 is 1. The first-order valence-corrected chi connectivity index (χ1v) is 6.45. The number of halogens is 1. The fourth-order valence-corrected chi connectivity index (χ4v) is 2.58. The molecule has 0 heterocycles. The van der Waals surface area contributed by atoms with Crippen LogP contribution >= 0.6 is 15.9 Å². The van der Waals surface area contributed by atoms with E-state index in [0.29, 0.717) is 12.5 Å². The Morgan fingerprint density at radius 3 is 2.56 bits per heavy atom. The van der Waals surface area contributed by atoms with Gasteiger partial charge in [0, 0.05) is 4.47 Å². The van der Waals surface area contributed by atoms with Crippen LogP contribution in [-0.4, -0.2) is 13.7 Å². The maximum Gasteiger partial charge on any atom is 0.122 e. The minimum atomic E-state index is 0.492. The summed E-state index contributed by atoms with van der Waals surface area (Å²) in [6.45, 7) is 5.07. The molecule has 0 aliphatic carbocycles. The summed E-state index contributed by atoms with van der Waals surface area (Å²) in [5.74, 6) is 1.46. The van der Waals surface area contributed by atoms with E-state index in [1.807, 2.05) is 0 Å². The van der Waals surface area contributed by atoms with E-state index in [-0.39, 0.29) is 0 Å². The Balaban J connectivity index is 3.05. The summed E-state index contributed by atoms with van der Waals surface area (Å²) < 4.78 is 6.59. The molecule has 0 aliphatic rings. The number of aryl methyl sites for hydroxylation is 1. The van der Waals surface area contributed by atoms with E-state index in [2.05, 4.69) is 41.9 Å². The van der Waals surface area contributed by atoms with Crippen molar-refractivity contribution in [3.63, 3.8) is 0 Å². The van der Waals surface area contributed by atoms with Gasteiger partial charge >= 0.3 is 0 Å². The van der Waals surface area contributed by atoms with E-state index < -0.39 is 0 Å². The summed E-state index contributed by atoms with van der Waals surface area (Å²) in [7, 11) is 1.72. The molecule has 0 radical (unpaired) electrons.